The fourth-order valence-corrected chi connectivity index (χ4v) is 4.45. The molecule has 0 aliphatic carbocycles. The number of fused-ring (bicyclic) bond motifs is 1. The number of hydrogen-bond donors (Lipinski definition) is 1. The molecule has 1 saturated heterocycles. The lowest BCUT2D eigenvalue weighted by Gasteiger charge is -2.31. The molecule has 1 N–H and O–H groups in total. The number of aromatic nitrogens is 3. The van der Waals surface area contributed by atoms with Crippen molar-refractivity contribution in [3.8, 4) is 11.4 Å². The number of carbonyl (C=O) groups excluding carboxylic acids is 2. The number of amides is 1. The van der Waals surface area contributed by atoms with E-state index in [1.807, 2.05) is 55.5 Å². The van der Waals surface area contributed by atoms with E-state index in [-0.39, 0.29) is 5.92 Å². The Morgan fingerprint density at radius 3 is 2.84 bits per heavy atom. The van der Waals surface area contributed by atoms with Crippen molar-refractivity contribution >= 4 is 22.6 Å². The van der Waals surface area contributed by atoms with E-state index in [1.165, 1.54) is 0 Å². The molecule has 0 unspecified atom stereocenters. The lowest BCUT2D eigenvalue weighted by molar-refractivity contribution is -0.128. The second-order valence-electron chi connectivity index (χ2n) is 8.37. The molecule has 0 spiro atoms. The highest BCUT2D eigenvalue weighted by atomic mass is 16.5. The minimum Gasteiger partial charge on any atom is -0.360 e. The van der Waals surface area contributed by atoms with Gasteiger partial charge in [0.15, 0.2) is 0 Å². The molecule has 1 aliphatic rings. The van der Waals surface area contributed by atoms with E-state index in [0.717, 1.165) is 34.9 Å². The number of piperidine rings is 1. The maximum atomic E-state index is 13.0. The van der Waals surface area contributed by atoms with Crippen molar-refractivity contribution in [2.24, 2.45) is 5.92 Å². The Morgan fingerprint density at radius 1 is 1.16 bits per heavy atom. The second kappa shape index (κ2) is 8.42. The molecule has 0 radical (unpaired) electrons. The van der Waals surface area contributed by atoms with Gasteiger partial charge in [0, 0.05) is 42.2 Å². The van der Waals surface area contributed by atoms with Crippen LogP contribution >= 0.6 is 0 Å². The number of ketones is 1. The molecule has 7 heteroatoms. The van der Waals surface area contributed by atoms with Crippen LogP contribution in [0.2, 0.25) is 0 Å². The lowest BCUT2D eigenvalue weighted by atomic mass is 9.94. The van der Waals surface area contributed by atoms with Gasteiger partial charge >= 0.3 is 0 Å². The molecule has 3 heterocycles. The molecule has 1 aliphatic heterocycles. The summed E-state index contributed by atoms with van der Waals surface area (Å²) in [5, 5.41) is 4.91. The van der Waals surface area contributed by atoms with Gasteiger partial charge in [0.25, 0.3) is 11.7 Å². The predicted octanol–water partition coefficient (Wildman–Crippen LogP) is 4.19. The van der Waals surface area contributed by atoms with Crippen molar-refractivity contribution in [1.82, 2.24) is 20.0 Å². The summed E-state index contributed by atoms with van der Waals surface area (Å²) < 4.78 is 5.49. The van der Waals surface area contributed by atoms with Crippen LogP contribution in [0.15, 0.2) is 59.3 Å². The van der Waals surface area contributed by atoms with Crippen molar-refractivity contribution in [2.45, 2.75) is 26.2 Å². The van der Waals surface area contributed by atoms with E-state index >= 15 is 0 Å². The molecule has 1 atom stereocenters. The van der Waals surface area contributed by atoms with E-state index in [1.54, 1.807) is 11.1 Å². The van der Waals surface area contributed by atoms with Crippen LogP contribution < -0.4 is 0 Å². The summed E-state index contributed by atoms with van der Waals surface area (Å²) in [6.45, 7) is 3.11. The summed E-state index contributed by atoms with van der Waals surface area (Å²) in [5.41, 5.74) is 3.31. The van der Waals surface area contributed by atoms with E-state index in [0.29, 0.717) is 36.8 Å². The number of H-pyrrole nitrogens is 1. The van der Waals surface area contributed by atoms with Gasteiger partial charge in [0.1, 0.15) is 0 Å². The highest BCUT2D eigenvalue weighted by Gasteiger charge is 2.30. The average molecular weight is 428 g/mol. The maximum Gasteiger partial charge on any atom is 0.295 e. The number of nitrogens with one attached hydrogen (secondary N) is 1. The van der Waals surface area contributed by atoms with Crippen LogP contribution in [0.25, 0.3) is 22.3 Å². The third-order valence-electron chi connectivity index (χ3n) is 6.15. The first-order valence-corrected chi connectivity index (χ1v) is 10.9. The number of aromatic amines is 1. The number of aryl methyl sites for hydroxylation is 1. The van der Waals surface area contributed by atoms with E-state index in [2.05, 4.69) is 15.1 Å². The zero-order valence-electron chi connectivity index (χ0n) is 17.9. The maximum absolute atomic E-state index is 13.0. The van der Waals surface area contributed by atoms with Crippen LogP contribution in [0.5, 0.6) is 0 Å². The van der Waals surface area contributed by atoms with Crippen LogP contribution in [0.1, 0.15) is 34.7 Å². The predicted molar refractivity (Wildman–Crippen MR) is 120 cm³/mol. The standard InChI is InChI=1S/C25H24N4O3/c1-16-7-2-3-9-18(16)24-27-22(32-28-24)13-17-8-6-12-29(15-17)25(31)23(30)20-14-26-21-11-5-4-10-19(20)21/h2-5,7,9-11,14,17,26H,6,8,12-13,15H2,1H3/t17-/m1/s1. The van der Waals surface area contributed by atoms with Gasteiger partial charge in [-0.3, -0.25) is 9.59 Å². The van der Waals surface area contributed by atoms with Gasteiger partial charge in [-0.1, -0.05) is 47.6 Å². The van der Waals surface area contributed by atoms with Crippen molar-refractivity contribution in [3.05, 3.63) is 71.7 Å². The van der Waals surface area contributed by atoms with Crippen LogP contribution in [0, 0.1) is 12.8 Å². The molecule has 32 heavy (non-hydrogen) atoms. The molecule has 1 amide bonds. The van der Waals surface area contributed by atoms with E-state index in [4.69, 9.17) is 4.52 Å². The van der Waals surface area contributed by atoms with Crippen molar-refractivity contribution < 1.29 is 14.1 Å². The molecule has 162 valence electrons. The number of hydrogen-bond acceptors (Lipinski definition) is 5. The number of nitrogens with zero attached hydrogens (tertiary/aromatic N) is 3. The van der Waals surface area contributed by atoms with E-state index < -0.39 is 11.7 Å². The fraction of sp³-hybridized carbons (Fsp3) is 0.280. The molecule has 0 saturated carbocycles. The fourth-order valence-electron chi connectivity index (χ4n) is 4.45. The van der Waals surface area contributed by atoms with Crippen molar-refractivity contribution in [3.63, 3.8) is 0 Å². The molecule has 2 aromatic carbocycles. The monoisotopic (exact) mass is 428 g/mol. The third kappa shape index (κ3) is 3.82. The second-order valence-corrected chi connectivity index (χ2v) is 8.37. The van der Waals surface area contributed by atoms with Gasteiger partial charge in [-0.25, -0.2) is 0 Å². The zero-order chi connectivity index (χ0) is 22.1. The quantitative estimate of drug-likeness (QED) is 0.380. The molecule has 0 bridgehead atoms. The van der Waals surface area contributed by atoms with Crippen LogP contribution in [0.3, 0.4) is 0 Å². The molecule has 1 fully saturated rings. The zero-order valence-corrected chi connectivity index (χ0v) is 17.9. The summed E-state index contributed by atoms with van der Waals surface area (Å²) in [5.74, 6) is 0.392. The van der Waals surface area contributed by atoms with Crippen molar-refractivity contribution in [2.75, 3.05) is 13.1 Å². The molecule has 7 nitrogen and oxygen atoms in total. The van der Waals surface area contributed by atoms with Gasteiger partial charge in [-0.05, 0) is 37.3 Å². The van der Waals surface area contributed by atoms with Gasteiger partial charge in [-0.2, -0.15) is 4.98 Å². The third-order valence-corrected chi connectivity index (χ3v) is 6.15. The van der Waals surface area contributed by atoms with Gasteiger partial charge in [0.2, 0.25) is 11.7 Å². The highest BCUT2D eigenvalue weighted by Crippen LogP contribution is 2.25. The first-order chi connectivity index (χ1) is 15.6. The first-order valence-electron chi connectivity index (χ1n) is 10.9. The average Bonchev–Trinajstić information content (AvgIpc) is 3.46. The Bertz CT molecular complexity index is 1290. The van der Waals surface area contributed by atoms with Gasteiger partial charge in [0.05, 0.1) is 5.56 Å². The SMILES string of the molecule is Cc1ccccc1-c1noc(C[C@H]2CCCN(C(=O)C(=O)c3c[nH]c4ccccc34)C2)n1. The molecular weight excluding hydrogens is 404 g/mol. The topological polar surface area (TPSA) is 92.1 Å². The molecule has 5 rings (SSSR count). The summed E-state index contributed by atoms with van der Waals surface area (Å²) in [6, 6.07) is 15.4. The number of rotatable bonds is 5. The smallest absolute Gasteiger partial charge is 0.295 e. The van der Waals surface area contributed by atoms with Gasteiger partial charge < -0.3 is 14.4 Å². The van der Waals surface area contributed by atoms with Gasteiger partial charge in [-0.15, -0.1) is 0 Å². The summed E-state index contributed by atoms with van der Waals surface area (Å²) in [4.78, 5) is 35.2. The summed E-state index contributed by atoms with van der Waals surface area (Å²) in [7, 11) is 0. The minimum atomic E-state index is -0.470. The van der Waals surface area contributed by atoms with Crippen LogP contribution in [0.4, 0.5) is 0 Å². The lowest BCUT2D eigenvalue weighted by Crippen LogP contribution is -2.43. The Labute approximate surface area is 185 Å². The summed E-state index contributed by atoms with van der Waals surface area (Å²) >= 11 is 0. The Kier molecular flexibility index (Phi) is 5.31. The largest absolute Gasteiger partial charge is 0.360 e. The Balaban J connectivity index is 1.27. The highest BCUT2D eigenvalue weighted by molar-refractivity contribution is 6.44. The molecule has 2 aromatic heterocycles. The normalized spacial score (nSPS) is 16.4. The molecular formula is C25H24N4O3. The number of benzene rings is 2. The Morgan fingerprint density at radius 2 is 1.97 bits per heavy atom. The number of Topliss-reactive ketones (excluding diaryl/α,β-unsaturated/α-hetero) is 1. The number of likely N-dealkylation sites (tertiary alicyclic amines) is 1. The van der Waals surface area contributed by atoms with E-state index in [9.17, 15) is 9.59 Å². The summed E-state index contributed by atoms with van der Waals surface area (Å²) in [6.07, 6.45) is 4.01. The van der Waals surface area contributed by atoms with Crippen LogP contribution in [-0.2, 0) is 11.2 Å². The molecule has 4 aromatic rings. The Hall–Kier alpha value is -3.74. The number of carbonyl (C=O) groups is 2. The van der Waals surface area contributed by atoms with Crippen LogP contribution in [-0.4, -0.2) is 44.8 Å². The minimum absolute atomic E-state index is 0.175. The van der Waals surface area contributed by atoms with Crippen molar-refractivity contribution in [1.29, 1.82) is 0 Å². The first kappa shape index (κ1) is 20.2. The number of para-hydroxylation sites is 1.